The van der Waals surface area contributed by atoms with Crippen molar-refractivity contribution in [3.8, 4) is 11.3 Å². The smallest absolute Gasteiger partial charge is 0.169 e. The lowest BCUT2D eigenvalue weighted by Gasteiger charge is -2.34. The average Bonchev–Trinajstić information content (AvgIpc) is 3.16. The summed E-state index contributed by atoms with van der Waals surface area (Å²) < 4.78 is 5.34. The van der Waals surface area contributed by atoms with Crippen molar-refractivity contribution in [3.05, 3.63) is 77.6 Å². The van der Waals surface area contributed by atoms with Gasteiger partial charge in [-0.3, -0.25) is 9.69 Å². The van der Waals surface area contributed by atoms with Gasteiger partial charge in [0.25, 0.3) is 0 Å². The molecule has 5 nitrogen and oxygen atoms in total. The van der Waals surface area contributed by atoms with Crippen LogP contribution in [0.5, 0.6) is 0 Å². The van der Waals surface area contributed by atoms with Gasteiger partial charge in [-0.05, 0) is 12.5 Å². The number of ketones is 1. The van der Waals surface area contributed by atoms with Gasteiger partial charge < -0.3 is 9.42 Å². The van der Waals surface area contributed by atoms with Crippen molar-refractivity contribution in [2.45, 2.75) is 19.9 Å². The van der Waals surface area contributed by atoms with E-state index in [1.807, 2.05) is 37.3 Å². The van der Waals surface area contributed by atoms with Crippen LogP contribution in [0.15, 0.2) is 65.2 Å². The van der Waals surface area contributed by atoms with Crippen molar-refractivity contribution in [3.63, 3.8) is 0 Å². The molecule has 0 radical (unpaired) electrons. The van der Waals surface area contributed by atoms with Crippen LogP contribution in [-0.2, 0) is 6.54 Å². The number of benzene rings is 2. The SMILES string of the molecule is Cc1onc(-c2ccccc2)c1C(=O)CCN1CCN(Cc2ccccc2)CC1. The molecule has 1 fully saturated rings. The number of hydrogen-bond donors (Lipinski definition) is 0. The summed E-state index contributed by atoms with van der Waals surface area (Å²) in [6, 6.07) is 20.4. The third-order valence-corrected chi connectivity index (χ3v) is 5.56. The van der Waals surface area contributed by atoms with E-state index in [9.17, 15) is 4.79 Å². The van der Waals surface area contributed by atoms with Crippen LogP contribution in [0, 0.1) is 6.92 Å². The van der Waals surface area contributed by atoms with Crippen LogP contribution in [0.25, 0.3) is 11.3 Å². The van der Waals surface area contributed by atoms with E-state index in [0.717, 1.165) is 44.8 Å². The molecular weight excluding hydrogens is 362 g/mol. The van der Waals surface area contributed by atoms with Gasteiger partial charge in [0.15, 0.2) is 5.78 Å². The molecule has 1 aromatic heterocycles. The van der Waals surface area contributed by atoms with Crippen molar-refractivity contribution >= 4 is 5.78 Å². The third-order valence-electron chi connectivity index (χ3n) is 5.56. The Morgan fingerprint density at radius 1 is 0.931 bits per heavy atom. The lowest BCUT2D eigenvalue weighted by molar-refractivity contribution is 0.0922. The van der Waals surface area contributed by atoms with E-state index in [1.165, 1.54) is 5.56 Å². The Morgan fingerprint density at radius 2 is 1.55 bits per heavy atom. The first-order valence-corrected chi connectivity index (χ1v) is 10.2. The van der Waals surface area contributed by atoms with E-state index in [1.54, 1.807) is 0 Å². The molecule has 0 spiro atoms. The highest BCUT2D eigenvalue weighted by molar-refractivity contribution is 6.02. The summed E-state index contributed by atoms with van der Waals surface area (Å²) in [6.07, 6.45) is 0.487. The molecule has 1 aliphatic rings. The van der Waals surface area contributed by atoms with Crippen LogP contribution in [0.2, 0.25) is 0 Å². The quantitative estimate of drug-likeness (QED) is 0.571. The van der Waals surface area contributed by atoms with Gasteiger partial charge in [-0.25, -0.2) is 0 Å². The normalized spacial score (nSPS) is 15.5. The van der Waals surface area contributed by atoms with Crippen molar-refractivity contribution in [2.75, 3.05) is 32.7 Å². The monoisotopic (exact) mass is 389 g/mol. The van der Waals surface area contributed by atoms with Crippen molar-refractivity contribution < 1.29 is 9.32 Å². The molecule has 0 saturated carbocycles. The fraction of sp³-hybridized carbons (Fsp3) is 0.333. The summed E-state index contributed by atoms with van der Waals surface area (Å²) >= 11 is 0. The number of aryl methyl sites for hydroxylation is 1. The maximum atomic E-state index is 12.9. The molecular formula is C24H27N3O2. The molecule has 0 N–H and O–H groups in total. The first-order chi connectivity index (χ1) is 14.2. The summed E-state index contributed by atoms with van der Waals surface area (Å²) in [6.45, 7) is 7.64. The fourth-order valence-corrected chi connectivity index (χ4v) is 3.89. The summed E-state index contributed by atoms with van der Waals surface area (Å²) in [7, 11) is 0. The van der Waals surface area contributed by atoms with E-state index < -0.39 is 0 Å². The van der Waals surface area contributed by atoms with Gasteiger partial charge in [0.05, 0.1) is 5.56 Å². The van der Waals surface area contributed by atoms with Crippen LogP contribution in [-0.4, -0.2) is 53.5 Å². The van der Waals surface area contributed by atoms with E-state index in [2.05, 4.69) is 45.3 Å². The predicted molar refractivity (Wildman–Crippen MR) is 114 cm³/mol. The zero-order chi connectivity index (χ0) is 20.1. The molecule has 2 heterocycles. The minimum atomic E-state index is 0.106. The third kappa shape index (κ3) is 4.81. The number of carbonyl (C=O) groups excluding carboxylic acids is 1. The number of aromatic nitrogens is 1. The highest BCUT2D eigenvalue weighted by atomic mass is 16.5. The fourth-order valence-electron chi connectivity index (χ4n) is 3.89. The maximum Gasteiger partial charge on any atom is 0.169 e. The zero-order valence-corrected chi connectivity index (χ0v) is 16.9. The highest BCUT2D eigenvalue weighted by Crippen LogP contribution is 2.26. The Balaban J connectivity index is 1.31. The molecule has 0 atom stereocenters. The maximum absolute atomic E-state index is 12.9. The molecule has 1 saturated heterocycles. The highest BCUT2D eigenvalue weighted by Gasteiger charge is 2.23. The summed E-state index contributed by atoms with van der Waals surface area (Å²) in [5.41, 5.74) is 3.55. The number of Topliss-reactive ketones (excluding diaryl/α,β-unsaturated/α-hetero) is 1. The largest absolute Gasteiger partial charge is 0.360 e. The predicted octanol–water partition coefficient (Wildman–Crippen LogP) is 4.04. The van der Waals surface area contributed by atoms with Gasteiger partial charge in [0.2, 0.25) is 0 Å². The number of rotatable bonds is 7. The molecule has 150 valence electrons. The number of nitrogens with zero attached hydrogens (tertiary/aromatic N) is 3. The number of piperazine rings is 1. The summed E-state index contributed by atoms with van der Waals surface area (Å²) in [5.74, 6) is 0.704. The first kappa shape index (κ1) is 19.6. The molecule has 0 unspecified atom stereocenters. The van der Waals surface area contributed by atoms with Crippen LogP contribution < -0.4 is 0 Å². The topological polar surface area (TPSA) is 49.6 Å². The Hall–Kier alpha value is -2.76. The van der Waals surface area contributed by atoms with Crippen molar-refractivity contribution in [1.29, 1.82) is 0 Å². The van der Waals surface area contributed by atoms with Gasteiger partial charge in [0.1, 0.15) is 11.5 Å². The summed E-state index contributed by atoms with van der Waals surface area (Å²) in [5, 5.41) is 4.14. The van der Waals surface area contributed by atoms with Crippen LogP contribution in [0.3, 0.4) is 0 Å². The van der Waals surface area contributed by atoms with Gasteiger partial charge >= 0.3 is 0 Å². The lowest BCUT2D eigenvalue weighted by atomic mass is 10.0. The second kappa shape index (κ2) is 9.16. The molecule has 3 aromatic rings. The molecule has 2 aromatic carbocycles. The molecule has 0 amide bonds. The van der Waals surface area contributed by atoms with Gasteiger partial charge in [0, 0.05) is 51.3 Å². The minimum absolute atomic E-state index is 0.106. The molecule has 5 heteroatoms. The Bertz CT molecular complexity index is 929. The number of carbonyl (C=O) groups is 1. The molecule has 4 rings (SSSR count). The van der Waals surface area contributed by atoms with Crippen molar-refractivity contribution in [1.82, 2.24) is 15.0 Å². The average molecular weight is 389 g/mol. The Labute approximate surface area is 171 Å². The van der Waals surface area contributed by atoms with E-state index in [4.69, 9.17) is 4.52 Å². The standard InChI is InChI=1S/C24H27N3O2/c1-19-23(24(25-29-19)21-10-6-3-7-11-21)22(28)12-13-26-14-16-27(17-15-26)18-20-8-4-2-5-9-20/h2-11H,12-18H2,1H3. The van der Waals surface area contributed by atoms with E-state index in [0.29, 0.717) is 23.4 Å². The van der Waals surface area contributed by atoms with E-state index >= 15 is 0 Å². The lowest BCUT2D eigenvalue weighted by Crippen LogP contribution is -2.46. The molecule has 0 aliphatic carbocycles. The summed E-state index contributed by atoms with van der Waals surface area (Å²) in [4.78, 5) is 17.8. The Kier molecular flexibility index (Phi) is 6.17. The van der Waals surface area contributed by atoms with Gasteiger partial charge in [-0.1, -0.05) is 65.8 Å². The van der Waals surface area contributed by atoms with E-state index in [-0.39, 0.29) is 5.78 Å². The first-order valence-electron chi connectivity index (χ1n) is 10.2. The molecule has 0 bridgehead atoms. The second-order valence-electron chi connectivity index (χ2n) is 7.60. The molecule has 29 heavy (non-hydrogen) atoms. The molecule has 1 aliphatic heterocycles. The van der Waals surface area contributed by atoms with Gasteiger partial charge in [-0.15, -0.1) is 0 Å². The van der Waals surface area contributed by atoms with Crippen LogP contribution in [0.4, 0.5) is 0 Å². The zero-order valence-electron chi connectivity index (χ0n) is 16.9. The van der Waals surface area contributed by atoms with Crippen molar-refractivity contribution in [2.24, 2.45) is 0 Å². The van der Waals surface area contributed by atoms with Crippen LogP contribution >= 0.6 is 0 Å². The second-order valence-corrected chi connectivity index (χ2v) is 7.60. The van der Waals surface area contributed by atoms with Crippen LogP contribution in [0.1, 0.15) is 28.1 Å². The Morgan fingerprint density at radius 3 is 2.24 bits per heavy atom. The minimum Gasteiger partial charge on any atom is -0.360 e. The van der Waals surface area contributed by atoms with Gasteiger partial charge in [-0.2, -0.15) is 0 Å². The number of hydrogen-bond acceptors (Lipinski definition) is 5.